The molecule has 1 amide bonds. The Labute approximate surface area is 232 Å². The standard InChI is InChI=1S/C26H24ClF3N4O4S/c1-36-18-9-7-16(21(13-18)37-2)14-31-39-22-12-17(32-23(35)11-15-5-3-4-6-20(15)27)8-10-19(22)24-33-25(38-34-24)26(28,29)30/h3-10,12-13,25,31H,11,14H2,1-2H3,(H,32,35)(H,33,34). The number of carbonyl (C=O) groups is 1. The van der Waals surface area contributed by atoms with Gasteiger partial charge in [0, 0.05) is 39.3 Å². The molecule has 3 aromatic carbocycles. The molecule has 0 radical (unpaired) electrons. The summed E-state index contributed by atoms with van der Waals surface area (Å²) in [6.45, 7) is 0.349. The number of hydrogen-bond donors (Lipinski definition) is 3. The van der Waals surface area contributed by atoms with E-state index in [1.54, 1.807) is 68.8 Å². The van der Waals surface area contributed by atoms with Gasteiger partial charge in [-0.3, -0.25) is 9.52 Å². The predicted octanol–water partition coefficient (Wildman–Crippen LogP) is 5.51. The Morgan fingerprint density at radius 1 is 1.10 bits per heavy atom. The second-order valence-electron chi connectivity index (χ2n) is 8.24. The lowest BCUT2D eigenvalue weighted by Gasteiger charge is -2.16. The van der Waals surface area contributed by atoms with Crippen LogP contribution in [0.2, 0.25) is 5.02 Å². The minimum absolute atomic E-state index is 0.0504. The molecule has 0 saturated carbocycles. The third-order valence-electron chi connectivity index (χ3n) is 5.58. The molecule has 0 saturated heterocycles. The number of halogens is 4. The van der Waals surface area contributed by atoms with Crippen molar-refractivity contribution in [2.75, 3.05) is 19.5 Å². The molecule has 3 aromatic rings. The van der Waals surface area contributed by atoms with E-state index in [1.807, 2.05) is 6.07 Å². The lowest BCUT2D eigenvalue weighted by Crippen LogP contribution is -2.42. The highest BCUT2D eigenvalue weighted by Crippen LogP contribution is 2.31. The molecule has 0 bridgehead atoms. The van der Waals surface area contributed by atoms with Crippen LogP contribution >= 0.6 is 23.5 Å². The van der Waals surface area contributed by atoms with Crippen molar-refractivity contribution in [3.8, 4) is 11.5 Å². The maximum Gasteiger partial charge on any atom is 0.448 e. The Kier molecular flexibility index (Phi) is 9.10. The van der Waals surface area contributed by atoms with E-state index >= 15 is 0 Å². The smallest absolute Gasteiger partial charge is 0.448 e. The van der Waals surface area contributed by atoms with E-state index < -0.39 is 12.4 Å². The zero-order valence-electron chi connectivity index (χ0n) is 20.8. The van der Waals surface area contributed by atoms with E-state index in [0.717, 1.165) is 17.5 Å². The minimum Gasteiger partial charge on any atom is -0.497 e. The van der Waals surface area contributed by atoms with Gasteiger partial charge in [-0.25, -0.2) is 0 Å². The van der Waals surface area contributed by atoms with Gasteiger partial charge in [-0.2, -0.15) is 13.2 Å². The van der Waals surface area contributed by atoms with Crippen molar-refractivity contribution in [3.05, 3.63) is 82.4 Å². The van der Waals surface area contributed by atoms with Crippen LogP contribution in [0.3, 0.4) is 0 Å². The molecular weight excluding hydrogens is 557 g/mol. The van der Waals surface area contributed by atoms with E-state index in [4.69, 9.17) is 21.1 Å². The van der Waals surface area contributed by atoms with E-state index in [1.165, 1.54) is 0 Å². The number of amidine groups is 1. The highest BCUT2D eigenvalue weighted by molar-refractivity contribution is 7.97. The third kappa shape index (κ3) is 7.28. The Balaban J connectivity index is 1.52. The molecule has 3 N–H and O–H groups in total. The van der Waals surface area contributed by atoms with Gasteiger partial charge >= 0.3 is 6.18 Å². The molecular formula is C26H24ClF3N4O4S. The summed E-state index contributed by atoms with van der Waals surface area (Å²) < 4.78 is 53.2. The highest BCUT2D eigenvalue weighted by atomic mass is 35.5. The Hall–Kier alpha value is -3.61. The number of nitrogens with zero attached hydrogens (tertiary/aromatic N) is 1. The van der Waals surface area contributed by atoms with Gasteiger partial charge in [0.25, 0.3) is 6.23 Å². The van der Waals surface area contributed by atoms with Crippen LogP contribution < -0.4 is 24.8 Å². The van der Waals surface area contributed by atoms with Crippen LogP contribution in [0.15, 0.2) is 70.7 Å². The number of benzene rings is 3. The Morgan fingerprint density at radius 2 is 1.90 bits per heavy atom. The van der Waals surface area contributed by atoms with Crippen molar-refractivity contribution in [1.82, 2.24) is 10.0 Å². The van der Waals surface area contributed by atoms with Gasteiger partial charge in [-0.1, -0.05) is 41.0 Å². The summed E-state index contributed by atoms with van der Waals surface area (Å²) >= 11 is 7.31. The lowest BCUT2D eigenvalue weighted by molar-refractivity contribution is -0.218. The van der Waals surface area contributed by atoms with Gasteiger partial charge in [0.1, 0.15) is 11.5 Å². The van der Waals surface area contributed by atoms with Crippen molar-refractivity contribution in [2.24, 2.45) is 5.16 Å². The molecule has 0 aliphatic carbocycles. The fourth-order valence-electron chi connectivity index (χ4n) is 3.64. The number of anilines is 1. The molecule has 1 unspecified atom stereocenters. The maximum atomic E-state index is 13.1. The molecule has 0 fully saturated rings. The first-order valence-electron chi connectivity index (χ1n) is 11.5. The predicted molar refractivity (Wildman–Crippen MR) is 143 cm³/mol. The molecule has 1 aliphatic heterocycles. The third-order valence-corrected chi connectivity index (χ3v) is 6.80. The summed E-state index contributed by atoms with van der Waals surface area (Å²) in [7, 11) is 3.09. The van der Waals surface area contributed by atoms with E-state index in [9.17, 15) is 18.0 Å². The molecule has 206 valence electrons. The molecule has 0 spiro atoms. The molecule has 39 heavy (non-hydrogen) atoms. The van der Waals surface area contributed by atoms with E-state index in [-0.39, 0.29) is 18.2 Å². The largest absolute Gasteiger partial charge is 0.497 e. The molecule has 8 nitrogen and oxygen atoms in total. The minimum atomic E-state index is -4.64. The quantitative estimate of drug-likeness (QED) is 0.273. The first kappa shape index (κ1) is 28.4. The first-order valence-corrected chi connectivity index (χ1v) is 12.7. The molecule has 1 heterocycles. The van der Waals surface area contributed by atoms with Crippen LogP contribution in [0.5, 0.6) is 11.5 Å². The number of carbonyl (C=O) groups excluding carboxylic acids is 1. The maximum absolute atomic E-state index is 13.1. The second kappa shape index (κ2) is 12.5. The van der Waals surface area contributed by atoms with Gasteiger partial charge < -0.3 is 24.9 Å². The highest BCUT2D eigenvalue weighted by Gasteiger charge is 2.46. The number of nitrogens with one attached hydrogen (secondary N) is 3. The van der Waals surface area contributed by atoms with E-state index in [2.05, 4.69) is 25.3 Å². The summed E-state index contributed by atoms with van der Waals surface area (Å²) in [5.74, 6) is 0.846. The Bertz CT molecular complexity index is 1370. The van der Waals surface area contributed by atoms with Crippen molar-refractivity contribution in [3.63, 3.8) is 0 Å². The zero-order chi connectivity index (χ0) is 28.0. The van der Waals surface area contributed by atoms with Crippen molar-refractivity contribution in [1.29, 1.82) is 0 Å². The monoisotopic (exact) mass is 580 g/mol. The number of rotatable bonds is 10. The fourth-order valence-corrected chi connectivity index (χ4v) is 4.69. The lowest BCUT2D eigenvalue weighted by atomic mass is 10.1. The topological polar surface area (TPSA) is 93.2 Å². The molecule has 13 heteroatoms. The Morgan fingerprint density at radius 3 is 2.59 bits per heavy atom. The molecule has 1 atom stereocenters. The van der Waals surface area contributed by atoms with Crippen LogP contribution in [-0.2, 0) is 22.6 Å². The van der Waals surface area contributed by atoms with Gasteiger partial charge in [-0.15, -0.1) is 0 Å². The van der Waals surface area contributed by atoms with E-state index in [0.29, 0.717) is 44.8 Å². The first-order chi connectivity index (χ1) is 18.7. The van der Waals surface area contributed by atoms with Crippen LogP contribution in [-0.4, -0.2) is 38.4 Å². The zero-order valence-corrected chi connectivity index (χ0v) is 22.3. The average molecular weight is 581 g/mol. The number of ether oxygens (including phenoxy) is 2. The summed E-state index contributed by atoms with van der Waals surface area (Å²) in [6.07, 6.45) is -6.85. The SMILES string of the molecule is COc1ccc(CNSc2cc(NC(=O)Cc3ccccc3Cl)ccc2C2=NOC(C(F)(F)F)N2)c(OC)c1. The average Bonchev–Trinajstić information content (AvgIpc) is 3.41. The number of methoxy groups -OCH3 is 2. The van der Waals surface area contributed by atoms with Gasteiger partial charge in [0.2, 0.25) is 5.91 Å². The number of alkyl halides is 3. The van der Waals surface area contributed by atoms with Crippen molar-refractivity contribution < 1.29 is 32.3 Å². The van der Waals surface area contributed by atoms with Gasteiger partial charge in [0.15, 0.2) is 5.84 Å². The van der Waals surface area contributed by atoms with Gasteiger partial charge in [-0.05, 0) is 47.8 Å². The van der Waals surface area contributed by atoms with Crippen molar-refractivity contribution >= 4 is 41.0 Å². The van der Waals surface area contributed by atoms with Crippen LogP contribution in [0.25, 0.3) is 0 Å². The summed E-state index contributed by atoms with van der Waals surface area (Å²) in [4.78, 5) is 17.7. The van der Waals surface area contributed by atoms with Gasteiger partial charge in [0.05, 0.1) is 20.6 Å². The number of amides is 1. The molecule has 4 rings (SSSR count). The number of oxime groups is 1. The summed E-state index contributed by atoms with van der Waals surface area (Å²) in [5, 5.41) is 9.12. The second-order valence-corrected chi connectivity index (χ2v) is 9.58. The normalized spacial score (nSPS) is 14.7. The summed E-state index contributed by atoms with van der Waals surface area (Å²) in [5.41, 5.74) is 2.28. The molecule has 0 aromatic heterocycles. The number of hydrogen-bond acceptors (Lipinski definition) is 8. The van der Waals surface area contributed by atoms with Crippen molar-refractivity contribution in [2.45, 2.75) is 30.3 Å². The fraction of sp³-hybridized carbons (Fsp3) is 0.231. The van der Waals surface area contributed by atoms with Crippen LogP contribution in [0.4, 0.5) is 18.9 Å². The van der Waals surface area contributed by atoms with Crippen LogP contribution in [0.1, 0.15) is 16.7 Å². The molecule has 1 aliphatic rings. The van der Waals surface area contributed by atoms with Crippen LogP contribution in [0, 0.1) is 0 Å². The summed E-state index contributed by atoms with van der Waals surface area (Å²) in [6, 6.07) is 17.1.